The summed E-state index contributed by atoms with van der Waals surface area (Å²) in [4.78, 5) is 12.7. The number of anilines is 3. The Bertz CT molecular complexity index is 2300. The van der Waals surface area contributed by atoms with Crippen molar-refractivity contribution < 1.29 is 4.74 Å². The molecule has 1 heterocycles. The third-order valence-electron chi connectivity index (χ3n) is 9.61. The molecular formula is C46H39N3O. The van der Waals surface area contributed by atoms with E-state index in [2.05, 4.69) is 126 Å². The lowest BCUT2D eigenvalue weighted by atomic mass is 9.93. The SMILES string of the molecule is C/C=C(\N=C(N=C(C)c1ccccc1)c1ccc(N2c3ccccc3Oc3c2ccc2ccccc32)cc1)c1ccc(C2=CCCCC2)cc1. The van der Waals surface area contributed by atoms with Gasteiger partial charge in [-0.1, -0.05) is 109 Å². The molecule has 6 aromatic carbocycles. The zero-order chi connectivity index (χ0) is 33.9. The molecule has 0 amide bonds. The van der Waals surface area contributed by atoms with Crippen molar-refractivity contribution in [2.75, 3.05) is 4.90 Å². The van der Waals surface area contributed by atoms with E-state index < -0.39 is 0 Å². The molecule has 0 fully saturated rings. The van der Waals surface area contributed by atoms with Gasteiger partial charge in [-0.15, -0.1) is 0 Å². The van der Waals surface area contributed by atoms with Crippen LogP contribution in [-0.2, 0) is 0 Å². The van der Waals surface area contributed by atoms with Crippen molar-refractivity contribution >= 4 is 50.7 Å². The summed E-state index contributed by atoms with van der Waals surface area (Å²) in [5.41, 5.74) is 10.7. The Hall–Kier alpha value is -6.00. The summed E-state index contributed by atoms with van der Waals surface area (Å²) < 4.78 is 6.54. The Labute approximate surface area is 294 Å². The normalized spacial score (nSPS) is 14.9. The van der Waals surface area contributed by atoms with Crippen molar-refractivity contribution in [3.63, 3.8) is 0 Å². The Kier molecular flexibility index (Phi) is 8.67. The van der Waals surface area contributed by atoms with E-state index in [4.69, 9.17) is 14.7 Å². The molecule has 2 aliphatic rings. The third kappa shape index (κ3) is 6.17. The maximum Gasteiger partial charge on any atom is 0.160 e. The van der Waals surface area contributed by atoms with Crippen molar-refractivity contribution in [1.82, 2.24) is 0 Å². The van der Waals surface area contributed by atoms with Crippen LogP contribution in [0, 0.1) is 0 Å². The smallest absolute Gasteiger partial charge is 0.160 e. The molecular weight excluding hydrogens is 611 g/mol. The van der Waals surface area contributed by atoms with Crippen LogP contribution in [-0.4, -0.2) is 11.5 Å². The molecule has 0 saturated heterocycles. The number of fused-ring (bicyclic) bond motifs is 4. The Morgan fingerprint density at radius 3 is 2.18 bits per heavy atom. The van der Waals surface area contributed by atoms with Gasteiger partial charge in [-0.2, -0.15) is 0 Å². The molecule has 244 valence electrons. The number of nitrogens with zero attached hydrogens (tertiary/aromatic N) is 3. The minimum Gasteiger partial charge on any atom is -0.452 e. The van der Waals surface area contributed by atoms with Crippen molar-refractivity contribution in [3.05, 3.63) is 174 Å². The summed E-state index contributed by atoms with van der Waals surface area (Å²) in [6, 6.07) is 48.6. The number of amidine groups is 1. The van der Waals surface area contributed by atoms with Crippen LogP contribution < -0.4 is 9.64 Å². The quantitative estimate of drug-likeness (QED) is 0.133. The lowest BCUT2D eigenvalue weighted by Gasteiger charge is -2.33. The van der Waals surface area contributed by atoms with Crippen LogP contribution in [0.3, 0.4) is 0 Å². The van der Waals surface area contributed by atoms with E-state index in [0.29, 0.717) is 5.84 Å². The second-order valence-corrected chi connectivity index (χ2v) is 12.8. The Morgan fingerprint density at radius 2 is 1.40 bits per heavy atom. The van der Waals surface area contributed by atoms with E-state index in [1.54, 1.807) is 0 Å². The first-order valence-corrected chi connectivity index (χ1v) is 17.5. The minimum atomic E-state index is 0.666. The van der Waals surface area contributed by atoms with Gasteiger partial charge in [0, 0.05) is 22.3 Å². The van der Waals surface area contributed by atoms with Crippen LogP contribution in [0.4, 0.5) is 17.1 Å². The molecule has 50 heavy (non-hydrogen) atoms. The van der Waals surface area contributed by atoms with Crippen LogP contribution in [0.5, 0.6) is 11.5 Å². The fourth-order valence-electron chi connectivity index (χ4n) is 6.94. The van der Waals surface area contributed by atoms with E-state index in [0.717, 1.165) is 73.9 Å². The summed E-state index contributed by atoms with van der Waals surface area (Å²) in [5.74, 6) is 2.35. The molecule has 1 aliphatic heterocycles. The third-order valence-corrected chi connectivity index (χ3v) is 9.61. The number of rotatable bonds is 6. The fraction of sp³-hybridized carbons (Fsp3) is 0.130. The predicted octanol–water partition coefficient (Wildman–Crippen LogP) is 12.7. The van der Waals surface area contributed by atoms with Gasteiger partial charge in [0.1, 0.15) is 0 Å². The number of allylic oxidation sites excluding steroid dienone is 3. The highest BCUT2D eigenvalue weighted by Crippen LogP contribution is 2.52. The summed E-state index contributed by atoms with van der Waals surface area (Å²) in [5, 5.41) is 2.23. The molecule has 4 nitrogen and oxygen atoms in total. The largest absolute Gasteiger partial charge is 0.452 e. The second kappa shape index (κ2) is 13.9. The lowest BCUT2D eigenvalue weighted by molar-refractivity contribution is 0.482. The number of para-hydroxylation sites is 2. The van der Waals surface area contributed by atoms with Gasteiger partial charge < -0.3 is 9.64 Å². The van der Waals surface area contributed by atoms with Crippen molar-refractivity contribution in [3.8, 4) is 11.5 Å². The van der Waals surface area contributed by atoms with Gasteiger partial charge in [0.15, 0.2) is 17.3 Å². The molecule has 0 saturated carbocycles. The van der Waals surface area contributed by atoms with Gasteiger partial charge in [0.25, 0.3) is 0 Å². The van der Waals surface area contributed by atoms with Crippen molar-refractivity contribution in [2.24, 2.45) is 9.98 Å². The predicted molar refractivity (Wildman–Crippen MR) is 210 cm³/mol. The highest BCUT2D eigenvalue weighted by atomic mass is 16.5. The fourth-order valence-corrected chi connectivity index (χ4v) is 6.94. The number of ether oxygens (including phenoxy) is 1. The average molecular weight is 650 g/mol. The molecule has 1 aliphatic carbocycles. The van der Waals surface area contributed by atoms with Gasteiger partial charge in [0.2, 0.25) is 0 Å². The second-order valence-electron chi connectivity index (χ2n) is 12.8. The maximum atomic E-state index is 6.54. The molecule has 4 heteroatoms. The first kappa shape index (κ1) is 31.3. The molecule has 0 N–H and O–H groups in total. The van der Waals surface area contributed by atoms with Crippen molar-refractivity contribution in [1.29, 1.82) is 0 Å². The molecule has 6 aromatic rings. The van der Waals surface area contributed by atoms with Gasteiger partial charge in [0.05, 0.1) is 17.1 Å². The van der Waals surface area contributed by atoms with Gasteiger partial charge in [-0.3, -0.25) is 0 Å². The van der Waals surface area contributed by atoms with Gasteiger partial charge in [-0.05, 0) is 110 Å². The molecule has 0 atom stereocenters. The molecule has 0 bridgehead atoms. The Morgan fingerprint density at radius 1 is 0.660 bits per heavy atom. The number of hydrogen-bond donors (Lipinski definition) is 0. The molecule has 8 rings (SSSR count). The van der Waals surface area contributed by atoms with E-state index in [-0.39, 0.29) is 0 Å². The first-order chi connectivity index (χ1) is 24.7. The minimum absolute atomic E-state index is 0.666. The topological polar surface area (TPSA) is 37.2 Å². The number of aliphatic imine (C=N–C) groups is 2. The van der Waals surface area contributed by atoms with E-state index in [1.807, 2.05) is 44.2 Å². The Balaban J connectivity index is 1.19. The van der Waals surface area contributed by atoms with E-state index in [1.165, 1.54) is 30.4 Å². The highest BCUT2D eigenvalue weighted by molar-refractivity contribution is 6.13. The molecule has 0 aromatic heterocycles. The van der Waals surface area contributed by atoms with Crippen LogP contribution >= 0.6 is 0 Å². The van der Waals surface area contributed by atoms with Crippen LogP contribution in [0.15, 0.2) is 162 Å². The van der Waals surface area contributed by atoms with Crippen LogP contribution in [0.2, 0.25) is 0 Å². The zero-order valence-electron chi connectivity index (χ0n) is 28.5. The number of hydrogen-bond acceptors (Lipinski definition) is 3. The van der Waals surface area contributed by atoms with Crippen LogP contribution in [0.25, 0.3) is 22.0 Å². The van der Waals surface area contributed by atoms with Crippen LogP contribution in [0.1, 0.15) is 61.8 Å². The monoisotopic (exact) mass is 649 g/mol. The highest BCUT2D eigenvalue weighted by Gasteiger charge is 2.27. The van der Waals surface area contributed by atoms with Gasteiger partial charge >= 0.3 is 0 Å². The zero-order valence-corrected chi connectivity index (χ0v) is 28.5. The number of benzene rings is 6. The van der Waals surface area contributed by atoms with E-state index >= 15 is 0 Å². The summed E-state index contributed by atoms with van der Waals surface area (Å²) in [6.07, 6.45) is 9.34. The first-order valence-electron chi connectivity index (χ1n) is 17.5. The van der Waals surface area contributed by atoms with E-state index in [9.17, 15) is 0 Å². The summed E-state index contributed by atoms with van der Waals surface area (Å²) in [6.45, 7) is 4.09. The maximum absolute atomic E-state index is 6.54. The average Bonchev–Trinajstić information content (AvgIpc) is 3.19. The standard InChI is InChI=1S/C46H39N3O/c1-3-41(37-24-22-35(23-25-37)34-16-8-5-9-17-34)48-46(47-32(2)33-14-6-4-7-15-33)38-26-29-39(30-27-38)49-42-20-12-13-21-44(42)50-45-40-19-11-10-18-36(40)28-31-43(45)49/h3-4,6-7,10-16,18-31H,5,8-9,17H2,1-2H3/b41-3-,47-32?,48-46?. The van der Waals surface area contributed by atoms with Gasteiger partial charge in [-0.25, -0.2) is 9.98 Å². The molecule has 0 unspecified atom stereocenters. The lowest BCUT2D eigenvalue weighted by Crippen LogP contribution is -2.16. The van der Waals surface area contributed by atoms with Crippen molar-refractivity contribution in [2.45, 2.75) is 39.5 Å². The molecule has 0 radical (unpaired) electrons. The summed E-state index contributed by atoms with van der Waals surface area (Å²) in [7, 11) is 0. The summed E-state index contributed by atoms with van der Waals surface area (Å²) >= 11 is 0. The molecule has 0 spiro atoms.